The van der Waals surface area contributed by atoms with Gasteiger partial charge in [-0.15, -0.1) is 0 Å². The SMILES string of the molecule is O=C1N[C@H]2[C@H](O)[C@H](O)[C@@H](O)[C@H](NC(=O)C3CCCCC3)[C@@H]2c2cc3c(c(O)c21)OCO3. The molecule has 5 rings (SSSR count). The van der Waals surface area contributed by atoms with Crippen molar-refractivity contribution in [1.29, 1.82) is 0 Å². The topological polar surface area (TPSA) is 158 Å². The molecule has 2 aliphatic heterocycles. The molecule has 0 radical (unpaired) electrons. The molecule has 2 aliphatic carbocycles. The quantitative estimate of drug-likeness (QED) is 0.363. The number of phenolic OH excluding ortho intramolecular Hbond substituents is 1. The van der Waals surface area contributed by atoms with Crippen molar-refractivity contribution in [3.05, 3.63) is 17.2 Å². The lowest BCUT2D eigenvalue weighted by atomic mass is 9.68. The molecular weight excluding hydrogens is 408 g/mol. The predicted octanol–water partition coefficient (Wildman–Crippen LogP) is -0.522. The highest BCUT2D eigenvalue weighted by molar-refractivity contribution is 6.01. The van der Waals surface area contributed by atoms with Crippen LogP contribution in [0, 0.1) is 5.92 Å². The van der Waals surface area contributed by atoms with Gasteiger partial charge in [0.2, 0.25) is 18.4 Å². The minimum atomic E-state index is -1.57. The smallest absolute Gasteiger partial charge is 0.255 e. The minimum absolute atomic E-state index is 0.0482. The molecular formula is C21H26N2O8. The molecule has 168 valence electrons. The van der Waals surface area contributed by atoms with E-state index < -0.39 is 48.0 Å². The van der Waals surface area contributed by atoms with Crippen molar-refractivity contribution in [3.63, 3.8) is 0 Å². The molecule has 1 aromatic carbocycles. The molecule has 10 nitrogen and oxygen atoms in total. The van der Waals surface area contributed by atoms with Crippen LogP contribution in [0.4, 0.5) is 0 Å². The van der Waals surface area contributed by atoms with E-state index in [1.165, 1.54) is 6.07 Å². The maximum atomic E-state index is 13.0. The first kappa shape index (κ1) is 20.3. The molecule has 2 saturated carbocycles. The van der Waals surface area contributed by atoms with Gasteiger partial charge in [-0.2, -0.15) is 0 Å². The van der Waals surface area contributed by atoms with Crippen LogP contribution in [-0.4, -0.2) is 69.4 Å². The first-order valence-electron chi connectivity index (χ1n) is 10.7. The molecule has 6 N–H and O–H groups in total. The Balaban J connectivity index is 1.56. The first-order chi connectivity index (χ1) is 14.9. The molecule has 4 aliphatic rings. The molecule has 2 amide bonds. The van der Waals surface area contributed by atoms with Gasteiger partial charge < -0.3 is 40.5 Å². The van der Waals surface area contributed by atoms with Crippen LogP contribution in [0.3, 0.4) is 0 Å². The summed E-state index contributed by atoms with van der Waals surface area (Å²) in [5, 5.41) is 47.9. The maximum absolute atomic E-state index is 13.0. The van der Waals surface area contributed by atoms with E-state index in [1.54, 1.807) is 0 Å². The standard InChI is InChI=1S/C21H26N2O8/c24-15-12-9(6-10-19(15)31-7-30-10)11-13(22-20(28)8-4-2-1-3-5-8)16(25)18(27)17(26)14(11)23-21(12)29/h6,8,11,13-14,16-18,24-27H,1-5,7H2,(H,22,28)(H,23,29)/t11-,13+,14+,16-,17-,18+/m0/s1. The van der Waals surface area contributed by atoms with Crippen LogP contribution in [0.1, 0.15) is 53.9 Å². The number of aromatic hydroxyl groups is 1. The van der Waals surface area contributed by atoms with Gasteiger partial charge in [-0.25, -0.2) is 0 Å². The van der Waals surface area contributed by atoms with E-state index in [4.69, 9.17) is 9.47 Å². The number of phenols is 1. The number of aliphatic hydroxyl groups excluding tert-OH is 3. The van der Waals surface area contributed by atoms with Crippen LogP contribution in [0.2, 0.25) is 0 Å². The van der Waals surface area contributed by atoms with Gasteiger partial charge in [-0.05, 0) is 24.5 Å². The third kappa shape index (κ3) is 3.12. The van der Waals surface area contributed by atoms with Crippen molar-refractivity contribution in [2.45, 2.75) is 68.4 Å². The summed E-state index contributed by atoms with van der Waals surface area (Å²) >= 11 is 0. The van der Waals surface area contributed by atoms with Crippen molar-refractivity contribution in [3.8, 4) is 17.2 Å². The Morgan fingerprint density at radius 3 is 2.55 bits per heavy atom. The highest BCUT2D eigenvalue weighted by atomic mass is 16.7. The number of rotatable bonds is 2. The Morgan fingerprint density at radius 2 is 1.81 bits per heavy atom. The summed E-state index contributed by atoms with van der Waals surface area (Å²) in [4.78, 5) is 25.7. The summed E-state index contributed by atoms with van der Waals surface area (Å²) in [7, 11) is 0. The predicted molar refractivity (Wildman–Crippen MR) is 105 cm³/mol. The number of hydrogen-bond donors (Lipinski definition) is 6. The molecule has 0 saturated heterocycles. The van der Waals surface area contributed by atoms with Crippen LogP contribution < -0.4 is 20.1 Å². The first-order valence-corrected chi connectivity index (χ1v) is 10.7. The zero-order valence-electron chi connectivity index (χ0n) is 16.8. The number of amides is 2. The van der Waals surface area contributed by atoms with Crippen LogP contribution in [0.25, 0.3) is 0 Å². The molecule has 31 heavy (non-hydrogen) atoms. The Kier molecular flexibility index (Phi) is 4.95. The largest absolute Gasteiger partial charge is 0.504 e. The number of carbonyl (C=O) groups excluding carboxylic acids is 2. The summed E-state index contributed by atoms with van der Waals surface area (Å²) in [5.41, 5.74) is 0.257. The van der Waals surface area contributed by atoms with Crippen LogP contribution in [-0.2, 0) is 4.79 Å². The van der Waals surface area contributed by atoms with Gasteiger partial charge in [0.25, 0.3) is 5.91 Å². The molecule has 0 spiro atoms. The monoisotopic (exact) mass is 434 g/mol. The number of aliphatic hydroxyl groups is 3. The summed E-state index contributed by atoms with van der Waals surface area (Å²) < 4.78 is 10.6. The molecule has 6 atom stereocenters. The Hall–Kier alpha value is -2.56. The van der Waals surface area contributed by atoms with Gasteiger partial charge in [-0.1, -0.05) is 19.3 Å². The zero-order chi connectivity index (χ0) is 21.9. The van der Waals surface area contributed by atoms with Gasteiger partial charge in [0, 0.05) is 11.8 Å². The lowest BCUT2D eigenvalue weighted by Gasteiger charge is -2.49. The maximum Gasteiger partial charge on any atom is 0.255 e. The lowest BCUT2D eigenvalue weighted by molar-refractivity contribution is -0.138. The zero-order valence-corrected chi connectivity index (χ0v) is 16.8. The fourth-order valence-electron chi connectivity index (χ4n) is 5.43. The number of fused-ring (bicyclic) bond motifs is 4. The molecule has 2 heterocycles. The molecule has 1 aromatic rings. The van der Waals surface area contributed by atoms with Gasteiger partial charge >= 0.3 is 0 Å². The average molecular weight is 434 g/mol. The fourth-order valence-corrected chi connectivity index (χ4v) is 5.43. The van der Waals surface area contributed by atoms with Crippen molar-refractivity contribution in [2.24, 2.45) is 5.92 Å². The van der Waals surface area contributed by atoms with E-state index in [0.29, 0.717) is 5.56 Å². The van der Waals surface area contributed by atoms with Gasteiger partial charge in [0.15, 0.2) is 11.5 Å². The van der Waals surface area contributed by atoms with Gasteiger partial charge in [0.1, 0.15) is 18.3 Å². The molecule has 0 unspecified atom stereocenters. The normalized spacial score (nSPS) is 34.5. The Labute approximate surface area is 178 Å². The van der Waals surface area contributed by atoms with E-state index in [0.717, 1.165) is 32.1 Å². The van der Waals surface area contributed by atoms with Crippen LogP contribution in [0.15, 0.2) is 6.07 Å². The molecule has 0 aromatic heterocycles. The van der Waals surface area contributed by atoms with E-state index in [9.17, 15) is 30.0 Å². The Morgan fingerprint density at radius 1 is 1.06 bits per heavy atom. The summed E-state index contributed by atoms with van der Waals surface area (Å²) in [5.74, 6) is -1.97. The van der Waals surface area contributed by atoms with Crippen molar-refractivity contribution in [2.75, 3.05) is 6.79 Å². The van der Waals surface area contributed by atoms with E-state index in [-0.39, 0.29) is 35.7 Å². The number of nitrogens with one attached hydrogen (secondary N) is 2. The molecule has 2 fully saturated rings. The van der Waals surface area contributed by atoms with Gasteiger partial charge in [-0.3, -0.25) is 9.59 Å². The highest BCUT2D eigenvalue weighted by Crippen LogP contribution is 2.50. The number of hydrogen-bond acceptors (Lipinski definition) is 8. The van der Waals surface area contributed by atoms with Gasteiger partial charge in [0.05, 0.1) is 17.6 Å². The molecule has 0 bridgehead atoms. The third-order valence-electron chi connectivity index (χ3n) is 7.05. The summed E-state index contributed by atoms with van der Waals surface area (Å²) in [6.07, 6.45) is -0.0168. The second-order valence-corrected chi connectivity index (χ2v) is 8.79. The van der Waals surface area contributed by atoms with Crippen molar-refractivity contribution >= 4 is 11.8 Å². The number of benzene rings is 1. The average Bonchev–Trinajstić information content (AvgIpc) is 3.25. The lowest BCUT2D eigenvalue weighted by Crippen LogP contribution is -2.70. The number of ether oxygens (including phenoxy) is 2. The van der Waals surface area contributed by atoms with Crippen LogP contribution >= 0.6 is 0 Å². The Bertz CT molecular complexity index is 915. The van der Waals surface area contributed by atoms with Crippen molar-refractivity contribution in [1.82, 2.24) is 10.6 Å². The van der Waals surface area contributed by atoms with E-state index >= 15 is 0 Å². The minimum Gasteiger partial charge on any atom is -0.504 e. The number of carbonyl (C=O) groups is 2. The highest BCUT2D eigenvalue weighted by Gasteiger charge is 2.54. The third-order valence-corrected chi connectivity index (χ3v) is 7.05. The summed E-state index contributed by atoms with van der Waals surface area (Å²) in [6, 6.07) is -0.434. The van der Waals surface area contributed by atoms with E-state index in [1.807, 2.05) is 0 Å². The van der Waals surface area contributed by atoms with E-state index in [2.05, 4.69) is 10.6 Å². The molecule has 10 heteroatoms. The van der Waals surface area contributed by atoms with Crippen molar-refractivity contribution < 1.29 is 39.5 Å². The second kappa shape index (κ2) is 7.54. The summed E-state index contributed by atoms with van der Waals surface area (Å²) in [6.45, 7) is -0.118. The second-order valence-electron chi connectivity index (χ2n) is 8.79. The van der Waals surface area contributed by atoms with Crippen LogP contribution in [0.5, 0.6) is 17.2 Å². The fraction of sp³-hybridized carbons (Fsp3) is 0.619.